The van der Waals surface area contributed by atoms with Gasteiger partial charge in [0.1, 0.15) is 17.7 Å². The number of aliphatic hydroxyl groups excluding tert-OH is 2. The lowest BCUT2D eigenvalue weighted by Crippen LogP contribution is -2.58. The summed E-state index contributed by atoms with van der Waals surface area (Å²) >= 11 is 1.55. The van der Waals surface area contributed by atoms with Crippen LogP contribution in [0.1, 0.15) is 65.6 Å². The molecule has 11 heteroatoms. The molecule has 5 atom stereocenters. The predicted molar refractivity (Wildman–Crippen MR) is 151 cm³/mol. The lowest BCUT2D eigenvalue weighted by atomic mass is 9.85. The van der Waals surface area contributed by atoms with Crippen LogP contribution in [0, 0.1) is 12.3 Å². The van der Waals surface area contributed by atoms with Crippen LogP contribution in [0.25, 0.3) is 10.4 Å². The molecule has 0 radical (unpaired) electrons. The van der Waals surface area contributed by atoms with Crippen LogP contribution in [-0.4, -0.2) is 74.4 Å². The van der Waals surface area contributed by atoms with Crippen molar-refractivity contribution in [2.75, 3.05) is 6.54 Å². The number of nitrogens with one attached hydrogen (secondary N) is 2. The van der Waals surface area contributed by atoms with E-state index < -0.39 is 58.8 Å². The Hall–Kier alpha value is -3.02. The van der Waals surface area contributed by atoms with Crippen molar-refractivity contribution < 1.29 is 29.3 Å². The lowest BCUT2D eigenvalue weighted by molar-refractivity contribution is -0.142. The largest absolute Gasteiger partial charge is 0.444 e. The summed E-state index contributed by atoms with van der Waals surface area (Å²) in [5.74, 6) is -0.946. The van der Waals surface area contributed by atoms with Crippen LogP contribution in [0.15, 0.2) is 29.8 Å². The topological polar surface area (TPSA) is 141 Å². The number of rotatable bonds is 6. The zero-order valence-corrected chi connectivity index (χ0v) is 25.0. The molecule has 1 aromatic heterocycles. The molecular weight excluding hydrogens is 532 g/mol. The minimum absolute atomic E-state index is 0.0437. The lowest BCUT2D eigenvalue weighted by Gasteiger charge is -2.36. The molecule has 2 aromatic rings. The van der Waals surface area contributed by atoms with Gasteiger partial charge in [-0.25, -0.2) is 9.78 Å². The highest BCUT2D eigenvalue weighted by Gasteiger charge is 2.57. The molecule has 2 unspecified atom stereocenters. The van der Waals surface area contributed by atoms with E-state index in [4.69, 9.17) is 4.74 Å². The molecule has 3 amide bonds. The number of aliphatic hydroxyl groups is 2. The van der Waals surface area contributed by atoms with E-state index >= 15 is 0 Å². The van der Waals surface area contributed by atoms with E-state index in [0.717, 1.165) is 21.7 Å². The average molecular weight is 573 g/mol. The van der Waals surface area contributed by atoms with Gasteiger partial charge < -0.3 is 30.5 Å². The highest BCUT2D eigenvalue weighted by atomic mass is 32.1. The zero-order chi connectivity index (χ0) is 29.6. The van der Waals surface area contributed by atoms with Crippen molar-refractivity contribution in [1.29, 1.82) is 0 Å². The maximum Gasteiger partial charge on any atom is 0.408 e. The quantitative estimate of drug-likeness (QED) is 0.417. The third-order valence-electron chi connectivity index (χ3n) is 7.32. The first-order valence-electron chi connectivity index (χ1n) is 13.5. The summed E-state index contributed by atoms with van der Waals surface area (Å²) in [6, 6.07) is 5.71. The van der Waals surface area contributed by atoms with E-state index in [1.807, 2.05) is 52.0 Å². The van der Waals surface area contributed by atoms with Crippen molar-refractivity contribution in [2.24, 2.45) is 5.41 Å². The van der Waals surface area contributed by atoms with E-state index in [1.54, 1.807) is 37.6 Å². The Kier molecular flexibility index (Phi) is 8.05. The number of ether oxygens (including phenoxy) is 1. The molecular formula is C29H40N4O6S. The second-order valence-electron chi connectivity index (χ2n) is 12.9. The fraction of sp³-hybridized carbons (Fsp3) is 0.586. The van der Waals surface area contributed by atoms with Crippen molar-refractivity contribution in [3.8, 4) is 10.4 Å². The van der Waals surface area contributed by atoms with E-state index in [2.05, 4.69) is 15.6 Å². The maximum atomic E-state index is 13.8. The molecule has 1 saturated heterocycles. The number of thiazole rings is 1. The van der Waals surface area contributed by atoms with Crippen molar-refractivity contribution in [1.82, 2.24) is 20.5 Å². The zero-order valence-electron chi connectivity index (χ0n) is 24.1. The number of aromatic nitrogens is 1. The molecule has 0 bridgehead atoms. The fourth-order valence-corrected chi connectivity index (χ4v) is 5.92. The van der Waals surface area contributed by atoms with Crippen LogP contribution in [-0.2, 0) is 19.9 Å². The molecule has 0 spiro atoms. The number of carbonyl (C=O) groups is 3. The second kappa shape index (κ2) is 10.8. The number of carbonyl (C=O) groups excluding carboxylic acids is 3. The summed E-state index contributed by atoms with van der Waals surface area (Å²) in [6.07, 6.45) is -2.02. The Bertz CT molecular complexity index is 1260. The summed E-state index contributed by atoms with van der Waals surface area (Å²) in [4.78, 5) is 46.6. The number of benzene rings is 1. The van der Waals surface area contributed by atoms with Gasteiger partial charge in [0, 0.05) is 19.4 Å². The minimum atomic E-state index is -0.994. The summed E-state index contributed by atoms with van der Waals surface area (Å²) in [5.41, 5.74) is 2.07. The number of amides is 3. The molecule has 2 heterocycles. The molecule has 1 aromatic carbocycles. The minimum Gasteiger partial charge on any atom is -0.444 e. The monoisotopic (exact) mass is 572 g/mol. The SMILES string of the molecule is Cc1ncsc1-c1ccc(C2(NC(=O)[C@@H]3C[C@@H](O)CN3C(=O)[C@@H](NC(=O)OC(C)(C)C)C(C)(C)C)CC2O)cc1. The summed E-state index contributed by atoms with van der Waals surface area (Å²) in [5, 5.41) is 26.7. The summed E-state index contributed by atoms with van der Waals surface area (Å²) < 4.78 is 5.36. The average Bonchev–Trinajstić information content (AvgIpc) is 3.15. The van der Waals surface area contributed by atoms with Crippen LogP contribution in [0.3, 0.4) is 0 Å². The van der Waals surface area contributed by atoms with E-state index in [0.29, 0.717) is 6.42 Å². The third-order valence-corrected chi connectivity index (χ3v) is 8.29. The second-order valence-corrected chi connectivity index (χ2v) is 13.7. The Morgan fingerprint density at radius 3 is 2.25 bits per heavy atom. The normalized spacial score (nSPS) is 25.3. The Morgan fingerprint density at radius 2 is 1.75 bits per heavy atom. The van der Waals surface area contributed by atoms with Crippen LogP contribution >= 0.6 is 11.3 Å². The van der Waals surface area contributed by atoms with Gasteiger partial charge in [0.05, 0.1) is 33.8 Å². The van der Waals surface area contributed by atoms with Crippen LogP contribution in [0.2, 0.25) is 0 Å². The van der Waals surface area contributed by atoms with Crippen molar-refractivity contribution in [3.63, 3.8) is 0 Å². The van der Waals surface area contributed by atoms with Gasteiger partial charge in [-0.1, -0.05) is 45.0 Å². The summed E-state index contributed by atoms with van der Waals surface area (Å²) in [6.45, 7) is 12.5. The number of likely N-dealkylation sites (tertiary alicyclic amines) is 1. The van der Waals surface area contributed by atoms with Crippen molar-refractivity contribution in [3.05, 3.63) is 41.0 Å². The molecule has 1 aliphatic heterocycles. The first kappa shape index (κ1) is 30.0. The van der Waals surface area contributed by atoms with E-state index in [9.17, 15) is 24.6 Å². The van der Waals surface area contributed by atoms with Gasteiger partial charge in [0.15, 0.2) is 0 Å². The van der Waals surface area contributed by atoms with E-state index in [-0.39, 0.29) is 13.0 Å². The van der Waals surface area contributed by atoms with Crippen molar-refractivity contribution >= 4 is 29.2 Å². The smallest absolute Gasteiger partial charge is 0.408 e. The molecule has 10 nitrogen and oxygen atoms in total. The number of alkyl carbamates (subject to hydrolysis) is 1. The molecule has 1 aliphatic carbocycles. The van der Waals surface area contributed by atoms with Gasteiger partial charge in [-0.2, -0.15) is 0 Å². The van der Waals surface area contributed by atoms with Gasteiger partial charge in [0.2, 0.25) is 11.8 Å². The number of nitrogens with zero attached hydrogens (tertiary/aromatic N) is 2. The van der Waals surface area contributed by atoms with Crippen LogP contribution in [0.4, 0.5) is 4.79 Å². The molecule has 4 N–H and O–H groups in total. The highest BCUT2D eigenvalue weighted by molar-refractivity contribution is 7.13. The molecule has 218 valence electrons. The number of hydrogen-bond donors (Lipinski definition) is 4. The van der Waals surface area contributed by atoms with Crippen molar-refractivity contribution in [2.45, 2.75) is 96.7 Å². The number of aryl methyl sites for hydroxylation is 1. The molecule has 2 aliphatic rings. The molecule has 4 rings (SSSR count). The van der Waals surface area contributed by atoms with Crippen LogP contribution in [0.5, 0.6) is 0 Å². The standard InChI is InChI=1S/C29H40N4O6S/c1-16-22(40-15-30-16)17-8-10-18(11-9-17)29(13-21(29)35)32-24(36)20-12-19(34)14-33(20)25(37)23(27(2,3)4)31-26(38)39-28(5,6)7/h8-11,15,19-21,23,34-35H,12-14H2,1-7H3,(H,31,38)(H,32,36)/t19-,20+,21?,23-,29?/m1/s1. The Labute approximate surface area is 239 Å². The first-order chi connectivity index (χ1) is 18.5. The van der Waals surface area contributed by atoms with E-state index in [1.165, 1.54) is 4.90 Å². The molecule has 40 heavy (non-hydrogen) atoms. The van der Waals surface area contributed by atoms with Gasteiger partial charge >= 0.3 is 6.09 Å². The van der Waals surface area contributed by atoms with Gasteiger partial charge in [-0.05, 0) is 44.2 Å². The fourth-order valence-electron chi connectivity index (χ4n) is 5.11. The Morgan fingerprint density at radius 1 is 1.12 bits per heavy atom. The third kappa shape index (κ3) is 6.31. The van der Waals surface area contributed by atoms with Gasteiger partial charge in [-0.15, -0.1) is 11.3 Å². The Balaban J connectivity index is 1.52. The molecule has 2 fully saturated rings. The van der Waals surface area contributed by atoms with Crippen LogP contribution < -0.4 is 10.6 Å². The molecule has 1 saturated carbocycles. The van der Waals surface area contributed by atoms with Gasteiger partial charge in [-0.3, -0.25) is 9.59 Å². The number of hydrogen-bond acceptors (Lipinski definition) is 8. The summed E-state index contributed by atoms with van der Waals surface area (Å²) in [7, 11) is 0. The first-order valence-corrected chi connectivity index (χ1v) is 14.4. The predicted octanol–water partition coefficient (Wildman–Crippen LogP) is 3.10. The van der Waals surface area contributed by atoms with Gasteiger partial charge in [0.25, 0.3) is 0 Å². The number of β-amino-alcohol motifs (C(OH)–C–C–N with tert-alkyl or cyclic N) is 1. The highest BCUT2D eigenvalue weighted by Crippen LogP contribution is 2.46. The maximum absolute atomic E-state index is 13.8.